The van der Waals surface area contributed by atoms with E-state index in [1.807, 2.05) is 0 Å². The molecule has 10 nitrogen and oxygen atoms in total. The van der Waals surface area contributed by atoms with Crippen LogP contribution in [-0.4, -0.2) is 51.2 Å². The number of benzene rings is 1. The summed E-state index contributed by atoms with van der Waals surface area (Å²) in [6.45, 7) is 2.83. The van der Waals surface area contributed by atoms with E-state index in [0.29, 0.717) is 0 Å². The first-order chi connectivity index (χ1) is 15.2. The average molecular weight is 472 g/mol. The first kappa shape index (κ1) is 25.6. The number of ether oxygens (including phenoxy) is 2. The van der Waals surface area contributed by atoms with E-state index in [-0.39, 0.29) is 12.2 Å². The Morgan fingerprint density at radius 2 is 1.85 bits per heavy atom. The van der Waals surface area contributed by atoms with Crippen molar-refractivity contribution < 1.29 is 37.2 Å². The predicted molar refractivity (Wildman–Crippen MR) is 108 cm³/mol. The van der Waals surface area contributed by atoms with Gasteiger partial charge in [0.05, 0.1) is 11.5 Å². The molecule has 0 fully saturated rings. The Bertz CT molecular complexity index is 986. The average Bonchev–Trinajstić information content (AvgIpc) is 3.07. The summed E-state index contributed by atoms with van der Waals surface area (Å²) in [6, 6.07) is 7.04. The second-order valence-corrected chi connectivity index (χ2v) is 8.00. The number of halogens is 3. The maximum Gasteiger partial charge on any atom is 0.422 e. The molecule has 1 aromatic heterocycles. The third-order valence-corrected chi connectivity index (χ3v) is 4.05. The van der Waals surface area contributed by atoms with Crippen molar-refractivity contribution in [1.29, 1.82) is 0 Å². The Balaban J connectivity index is 2.34. The molecule has 0 aliphatic rings. The fourth-order valence-corrected chi connectivity index (χ4v) is 2.75. The highest BCUT2D eigenvalue weighted by atomic mass is 19.4. The molecule has 1 aromatic carbocycles. The normalized spacial score (nSPS) is 12.7. The van der Waals surface area contributed by atoms with Crippen LogP contribution in [0.2, 0.25) is 0 Å². The maximum absolute atomic E-state index is 12.5. The molecule has 0 aliphatic heterocycles. The number of aromatic nitrogens is 2. The van der Waals surface area contributed by atoms with Crippen LogP contribution in [-0.2, 0) is 27.2 Å². The highest BCUT2D eigenvalue weighted by molar-refractivity contribution is 5.82. The number of alkyl carbamates (subject to hydrolysis) is 1. The molecule has 0 saturated carbocycles. The molecule has 33 heavy (non-hydrogen) atoms. The number of carbonyl (C=O) groups excluding carboxylic acids is 2. The van der Waals surface area contributed by atoms with Gasteiger partial charge < -0.3 is 14.8 Å². The van der Waals surface area contributed by atoms with Crippen molar-refractivity contribution in [2.24, 2.45) is 0 Å². The second-order valence-electron chi connectivity index (χ2n) is 8.00. The van der Waals surface area contributed by atoms with Crippen LogP contribution >= 0.6 is 0 Å². The van der Waals surface area contributed by atoms with Crippen LogP contribution in [0.15, 0.2) is 36.5 Å². The molecule has 0 radical (unpaired) electrons. The maximum atomic E-state index is 12.5. The van der Waals surface area contributed by atoms with Gasteiger partial charge in [-0.2, -0.15) is 18.3 Å². The van der Waals surface area contributed by atoms with Crippen molar-refractivity contribution in [2.45, 2.75) is 51.6 Å². The monoisotopic (exact) mass is 472 g/mol. The zero-order valence-electron chi connectivity index (χ0n) is 18.1. The molecule has 0 saturated heterocycles. The molecule has 1 N–H and O–H groups in total. The van der Waals surface area contributed by atoms with Gasteiger partial charge in [-0.05, 0) is 26.3 Å². The third-order valence-electron chi connectivity index (χ3n) is 4.05. The summed E-state index contributed by atoms with van der Waals surface area (Å²) in [6.07, 6.45) is -5.50. The van der Waals surface area contributed by atoms with Gasteiger partial charge in [-0.25, -0.2) is 9.59 Å². The van der Waals surface area contributed by atoms with E-state index >= 15 is 0 Å². The van der Waals surface area contributed by atoms with Crippen LogP contribution in [0.3, 0.4) is 0 Å². The Hall–Kier alpha value is -3.64. The molecular formula is C20H23F3N4O6. The lowest BCUT2D eigenvalue weighted by molar-refractivity contribution is -0.385. The first-order valence-electron chi connectivity index (χ1n) is 9.71. The molecule has 13 heteroatoms. The number of carbonyl (C=O) groups is 2. The van der Waals surface area contributed by atoms with E-state index in [9.17, 15) is 32.9 Å². The van der Waals surface area contributed by atoms with Crippen LogP contribution in [0.4, 0.5) is 23.7 Å². The van der Waals surface area contributed by atoms with Crippen molar-refractivity contribution in [3.63, 3.8) is 0 Å². The topological polar surface area (TPSA) is 126 Å². The highest BCUT2D eigenvalue weighted by Crippen LogP contribution is 2.22. The summed E-state index contributed by atoms with van der Waals surface area (Å²) >= 11 is 0. The second kappa shape index (κ2) is 10.3. The number of alkyl halides is 3. The lowest BCUT2D eigenvalue weighted by atomic mass is 10.1. The molecule has 1 amide bonds. The number of hydrogen-bond acceptors (Lipinski definition) is 7. The lowest BCUT2D eigenvalue weighted by Crippen LogP contribution is -2.46. The molecule has 2 aromatic rings. The highest BCUT2D eigenvalue weighted by Gasteiger charge is 2.35. The van der Waals surface area contributed by atoms with Gasteiger partial charge in [-0.1, -0.05) is 30.3 Å². The van der Waals surface area contributed by atoms with Crippen molar-refractivity contribution >= 4 is 17.7 Å². The van der Waals surface area contributed by atoms with Crippen LogP contribution in [0.1, 0.15) is 32.0 Å². The Kier molecular flexibility index (Phi) is 8.01. The SMILES string of the molecule is CC(C)(C)OC(=O)N[C@@H](Cc1c([N+](=O)[O-])cnn1Cc1ccccc1)C(=O)OCC(F)(F)F. The Morgan fingerprint density at radius 1 is 1.21 bits per heavy atom. The minimum absolute atomic E-state index is 0.0841. The van der Waals surface area contributed by atoms with Gasteiger partial charge in [0.15, 0.2) is 6.61 Å². The molecule has 0 aliphatic carbocycles. The summed E-state index contributed by atoms with van der Waals surface area (Å²) < 4.78 is 48.1. The zero-order chi connectivity index (χ0) is 24.8. The summed E-state index contributed by atoms with van der Waals surface area (Å²) in [5.74, 6) is -1.43. The number of amides is 1. The molecule has 1 atom stereocenters. The summed E-state index contributed by atoms with van der Waals surface area (Å²) in [5.41, 5.74) is -0.793. The van der Waals surface area contributed by atoms with Crippen molar-refractivity contribution in [2.75, 3.05) is 6.61 Å². The summed E-state index contributed by atoms with van der Waals surface area (Å²) in [5, 5.41) is 17.6. The smallest absolute Gasteiger partial charge is 0.422 e. The molecule has 1 heterocycles. The molecule has 0 unspecified atom stereocenters. The molecule has 0 spiro atoms. The standard InChI is InChI=1S/C20H23F3N4O6/c1-19(2,3)33-18(29)25-14(17(28)32-12-20(21,22)23)9-15-16(27(30)31)10-24-26(15)11-13-7-5-4-6-8-13/h4-8,10,14H,9,11-12H2,1-3H3,(H,25,29)/t14-/m0/s1. The van der Waals surface area contributed by atoms with Gasteiger partial charge in [0.25, 0.3) is 0 Å². The van der Waals surface area contributed by atoms with E-state index < -0.39 is 53.5 Å². The number of esters is 1. The molecule has 2 rings (SSSR count). The molecule has 180 valence electrons. The van der Waals surface area contributed by atoms with Gasteiger partial charge in [0.1, 0.15) is 23.5 Å². The van der Waals surface area contributed by atoms with Crippen LogP contribution < -0.4 is 5.32 Å². The van der Waals surface area contributed by atoms with Crippen LogP contribution in [0.25, 0.3) is 0 Å². The minimum Gasteiger partial charge on any atom is -0.454 e. The fraction of sp³-hybridized carbons (Fsp3) is 0.450. The van der Waals surface area contributed by atoms with E-state index in [0.717, 1.165) is 11.8 Å². The summed E-state index contributed by atoms with van der Waals surface area (Å²) in [7, 11) is 0. The van der Waals surface area contributed by atoms with Gasteiger partial charge in [-0.15, -0.1) is 0 Å². The number of nitro groups is 1. The Labute approximate surface area is 186 Å². The third kappa shape index (κ3) is 8.43. The Morgan fingerprint density at radius 3 is 2.39 bits per heavy atom. The van der Waals surface area contributed by atoms with Crippen molar-refractivity contribution in [1.82, 2.24) is 15.1 Å². The summed E-state index contributed by atoms with van der Waals surface area (Å²) in [4.78, 5) is 35.3. The number of nitrogens with zero attached hydrogens (tertiary/aromatic N) is 3. The minimum atomic E-state index is -4.80. The van der Waals surface area contributed by atoms with Gasteiger partial charge in [-0.3, -0.25) is 14.8 Å². The largest absolute Gasteiger partial charge is 0.454 e. The van der Waals surface area contributed by atoms with E-state index in [2.05, 4.69) is 15.2 Å². The molecular weight excluding hydrogens is 449 g/mol. The fourth-order valence-electron chi connectivity index (χ4n) is 2.75. The van der Waals surface area contributed by atoms with Crippen LogP contribution in [0.5, 0.6) is 0 Å². The zero-order valence-corrected chi connectivity index (χ0v) is 18.1. The van der Waals surface area contributed by atoms with Gasteiger partial charge in [0, 0.05) is 6.42 Å². The number of rotatable bonds is 8. The van der Waals surface area contributed by atoms with E-state index in [4.69, 9.17) is 4.74 Å². The first-order valence-corrected chi connectivity index (χ1v) is 9.71. The van der Waals surface area contributed by atoms with Crippen molar-refractivity contribution in [3.8, 4) is 0 Å². The van der Waals surface area contributed by atoms with E-state index in [1.54, 1.807) is 51.1 Å². The quantitative estimate of drug-likeness (QED) is 0.355. The van der Waals surface area contributed by atoms with Crippen molar-refractivity contribution in [3.05, 3.63) is 57.9 Å². The lowest BCUT2D eigenvalue weighted by Gasteiger charge is -2.23. The van der Waals surface area contributed by atoms with Crippen LogP contribution in [0, 0.1) is 10.1 Å². The molecule has 0 bridgehead atoms. The van der Waals surface area contributed by atoms with Gasteiger partial charge in [0.2, 0.25) is 0 Å². The van der Waals surface area contributed by atoms with Gasteiger partial charge >= 0.3 is 23.9 Å². The van der Waals surface area contributed by atoms with E-state index in [1.165, 1.54) is 4.68 Å². The predicted octanol–water partition coefficient (Wildman–Crippen LogP) is 3.38. The number of hydrogen-bond donors (Lipinski definition) is 1. The number of nitrogens with one attached hydrogen (secondary N) is 1.